The van der Waals surface area contributed by atoms with Crippen molar-refractivity contribution in [2.24, 2.45) is 0 Å². The van der Waals surface area contributed by atoms with Gasteiger partial charge in [0.15, 0.2) is 0 Å². The quantitative estimate of drug-likeness (QED) is 0.422. The SMILES string of the molecule is CC(C)(O[O][Ti+3])c1ccccc1. The molecule has 0 N–H and O–H groups in total. The molecule has 0 radical (unpaired) electrons. The molecule has 0 spiro atoms. The first-order chi connectivity index (χ1) is 5.67. The van der Waals surface area contributed by atoms with Gasteiger partial charge in [-0.25, -0.2) is 0 Å². The van der Waals surface area contributed by atoms with Crippen LogP contribution in [0.1, 0.15) is 19.4 Å². The van der Waals surface area contributed by atoms with E-state index in [2.05, 4.69) is 3.47 Å². The Morgan fingerprint density at radius 2 is 1.75 bits per heavy atom. The second kappa shape index (κ2) is 4.19. The van der Waals surface area contributed by atoms with Crippen molar-refractivity contribution < 1.29 is 29.2 Å². The first kappa shape index (κ1) is 9.94. The van der Waals surface area contributed by atoms with Gasteiger partial charge in [0.2, 0.25) is 0 Å². The summed E-state index contributed by atoms with van der Waals surface area (Å²) in [7, 11) is 0. The van der Waals surface area contributed by atoms with Crippen LogP contribution in [0.5, 0.6) is 0 Å². The van der Waals surface area contributed by atoms with Gasteiger partial charge >= 0.3 is 84.5 Å². The first-order valence-electron chi connectivity index (χ1n) is 3.74. The van der Waals surface area contributed by atoms with Crippen molar-refractivity contribution in [3.63, 3.8) is 0 Å². The van der Waals surface area contributed by atoms with Crippen molar-refractivity contribution >= 4 is 0 Å². The summed E-state index contributed by atoms with van der Waals surface area (Å²) in [5.41, 5.74) is 0.725. The van der Waals surface area contributed by atoms with Gasteiger partial charge in [-0.3, -0.25) is 0 Å². The normalized spacial score (nSPS) is 11.7. The Labute approximate surface area is 84.7 Å². The molecule has 2 nitrogen and oxygen atoms in total. The van der Waals surface area contributed by atoms with Crippen molar-refractivity contribution in [3.8, 4) is 0 Å². The third-order valence-electron chi connectivity index (χ3n) is 1.72. The molecule has 1 aromatic rings. The maximum absolute atomic E-state index is 5.12. The standard InChI is InChI=1S/C9H12O2.Ti/c1-9(2,11-10)8-6-4-3-5-7-8;/h3-7,10H,1-2H3;/q;+4/p-1. The van der Waals surface area contributed by atoms with Crippen molar-refractivity contribution in [1.29, 1.82) is 0 Å². The molecule has 0 aliphatic rings. The van der Waals surface area contributed by atoms with Gasteiger partial charge in [-0.05, 0) is 0 Å². The molecule has 3 heteroatoms. The molecule has 60 valence electrons. The zero-order chi connectivity index (χ0) is 9.03. The molecule has 0 unspecified atom stereocenters. The summed E-state index contributed by atoms with van der Waals surface area (Å²) < 4.78 is 4.66. The second-order valence-electron chi connectivity index (χ2n) is 3.04. The Bertz CT molecular complexity index is 234. The summed E-state index contributed by atoms with van der Waals surface area (Å²) >= 11 is 1.52. The Morgan fingerprint density at radius 3 is 2.25 bits per heavy atom. The van der Waals surface area contributed by atoms with E-state index in [9.17, 15) is 0 Å². The summed E-state index contributed by atoms with van der Waals surface area (Å²) in [6, 6.07) is 9.97. The molecule has 0 aromatic heterocycles. The van der Waals surface area contributed by atoms with Crippen LogP contribution in [0.4, 0.5) is 0 Å². The van der Waals surface area contributed by atoms with Crippen molar-refractivity contribution in [2.45, 2.75) is 19.4 Å². The predicted octanol–water partition coefficient (Wildman–Crippen LogP) is 2.33. The molecule has 0 bridgehead atoms. The molecule has 0 amide bonds. The molecule has 1 aromatic carbocycles. The minimum atomic E-state index is -0.379. The molecule has 12 heavy (non-hydrogen) atoms. The average Bonchev–Trinajstić information content (AvgIpc) is 2.06. The van der Waals surface area contributed by atoms with Crippen LogP contribution in [-0.4, -0.2) is 0 Å². The Kier molecular flexibility index (Phi) is 3.47. The molecule has 0 heterocycles. The topological polar surface area (TPSA) is 18.5 Å². The summed E-state index contributed by atoms with van der Waals surface area (Å²) in [5.74, 6) is 0. The fourth-order valence-corrected chi connectivity index (χ4v) is 1.32. The van der Waals surface area contributed by atoms with Gasteiger partial charge in [-0.1, -0.05) is 0 Å². The molecular weight excluding hydrogens is 188 g/mol. The summed E-state index contributed by atoms with van der Waals surface area (Å²) in [6.45, 7) is 3.93. The van der Waals surface area contributed by atoms with Crippen LogP contribution < -0.4 is 0 Å². The van der Waals surface area contributed by atoms with Crippen molar-refractivity contribution in [1.82, 2.24) is 0 Å². The maximum atomic E-state index is 5.12. The van der Waals surface area contributed by atoms with E-state index in [0.717, 1.165) is 5.56 Å². The fourth-order valence-electron chi connectivity index (χ4n) is 0.992. The van der Waals surface area contributed by atoms with Crippen LogP contribution in [0.25, 0.3) is 0 Å². The van der Waals surface area contributed by atoms with E-state index in [0.29, 0.717) is 0 Å². The van der Waals surface area contributed by atoms with Gasteiger partial charge in [0.25, 0.3) is 0 Å². The number of hydrogen-bond donors (Lipinski definition) is 0. The van der Waals surface area contributed by atoms with E-state index in [-0.39, 0.29) is 5.60 Å². The zero-order valence-corrected chi connectivity index (χ0v) is 8.76. The second-order valence-corrected chi connectivity index (χ2v) is 3.30. The van der Waals surface area contributed by atoms with Gasteiger partial charge in [0.1, 0.15) is 0 Å². The average molecular weight is 199 g/mol. The van der Waals surface area contributed by atoms with Crippen LogP contribution in [0.15, 0.2) is 30.3 Å². The fraction of sp³-hybridized carbons (Fsp3) is 0.333. The van der Waals surface area contributed by atoms with E-state index < -0.39 is 0 Å². The van der Waals surface area contributed by atoms with Crippen molar-refractivity contribution in [3.05, 3.63) is 35.9 Å². The van der Waals surface area contributed by atoms with Crippen LogP contribution in [0.3, 0.4) is 0 Å². The number of benzene rings is 1. The predicted molar refractivity (Wildman–Crippen MR) is 41.6 cm³/mol. The molecule has 1 rings (SSSR count). The Morgan fingerprint density at radius 1 is 1.17 bits per heavy atom. The van der Waals surface area contributed by atoms with Crippen LogP contribution in [-0.2, 0) is 34.8 Å². The van der Waals surface area contributed by atoms with Gasteiger partial charge in [0, 0.05) is 0 Å². The van der Waals surface area contributed by atoms with E-state index in [1.807, 2.05) is 44.2 Å². The molecule has 0 saturated heterocycles. The Hall–Kier alpha value is -0.146. The van der Waals surface area contributed by atoms with Crippen LogP contribution >= 0.6 is 0 Å². The third kappa shape index (κ3) is 2.42. The zero-order valence-electron chi connectivity index (χ0n) is 7.20. The molecule has 0 aliphatic carbocycles. The molecule has 0 saturated carbocycles. The van der Waals surface area contributed by atoms with Crippen LogP contribution in [0, 0.1) is 0 Å². The molecule has 0 aliphatic heterocycles. The van der Waals surface area contributed by atoms with Gasteiger partial charge < -0.3 is 0 Å². The van der Waals surface area contributed by atoms with E-state index in [1.165, 1.54) is 20.8 Å². The van der Waals surface area contributed by atoms with E-state index in [4.69, 9.17) is 4.89 Å². The minimum absolute atomic E-state index is 0.379. The van der Waals surface area contributed by atoms with E-state index in [1.54, 1.807) is 0 Å². The molecular formula is C9H11O2Ti+3. The summed E-state index contributed by atoms with van der Waals surface area (Å²) in [6.07, 6.45) is 0. The number of rotatable bonds is 3. The van der Waals surface area contributed by atoms with Gasteiger partial charge in [0.05, 0.1) is 0 Å². The monoisotopic (exact) mass is 199 g/mol. The molecule has 0 fully saturated rings. The summed E-state index contributed by atoms with van der Waals surface area (Å²) in [4.78, 5) is 5.12. The van der Waals surface area contributed by atoms with Gasteiger partial charge in [-0.2, -0.15) is 0 Å². The summed E-state index contributed by atoms with van der Waals surface area (Å²) in [5, 5.41) is 0. The Balaban J connectivity index is 2.82. The first-order valence-corrected chi connectivity index (χ1v) is 4.37. The third-order valence-corrected chi connectivity index (χ3v) is 1.85. The van der Waals surface area contributed by atoms with Gasteiger partial charge in [-0.15, -0.1) is 0 Å². The van der Waals surface area contributed by atoms with Crippen LogP contribution in [0.2, 0.25) is 0 Å². The van der Waals surface area contributed by atoms with E-state index >= 15 is 0 Å². The molecule has 0 atom stereocenters. The van der Waals surface area contributed by atoms with Crippen molar-refractivity contribution in [2.75, 3.05) is 0 Å². The number of hydrogen-bond acceptors (Lipinski definition) is 2.